The van der Waals surface area contributed by atoms with E-state index in [0.29, 0.717) is 11.1 Å². The number of nitrogens with one attached hydrogen (secondary N) is 1. The molecule has 1 saturated heterocycles. The van der Waals surface area contributed by atoms with Gasteiger partial charge >= 0.3 is 0 Å². The van der Waals surface area contributed by atoms with Crippen LogP contribution in [0.15, 0.2) is 16.7 Å². The van der Waals surface area contributed by atoms with E-state index in [1.54, 1.807) is 6.20 Å². The third kappa shape index (κ3) is 3.37. The number of nitrogens with zero attached hydrogens (tertiary/aromatic N) is 2. The van der Waals surface area contributed by atoms with E-state index in [4.69, 9.17) is 11.6 Å². The molecule has 2 heterocycles. The van der Waals surface area contributed by atoms with Crippen molar-refractivity contribution in [3.63, 3.8) is 0 Å². The molecule has 5 heteroatoms. The topological polar surface area (TPSA) is 28.2 Å². The maximum atomic E-state index is 5.96. The van der Waals surface area contributed by atoms with Gasteiger partial charge in [-0.1, -0.05) is 18.5 Å². The molecule has 0 radical (unpaired) electrons. The molecule has 18 heavy (non-hydrogen) atoms. The van der Waals surface area contributed by atoms with Gasteiger partial charge in [-0.25, -0.2) is 4.98 Å². The summed E-state index contributed by atoms with van der Waals surface area (Å²) in [6, 6.07) is 2.45. The van der Waals surface area contributed by atoms with E-state index in [2.05, 4.69) is 38.1 Å². The second kappa shape index (κ2) is 6.73. The Morgan fingerprint density at radius 2 is 2.44 bits per heavy atom. The second-order valence-corrected chi connectivity index (χ2v) is 5.94. The fourth-order valence-electron chi connectivity index (χ4n) is 2.42. The molecule has 100 valence electrons. The highest BCUT2D eigenvalue weighted by molar-refractivity contribution is 9.10. The first kappa shape index (κ1) is 14.1. The number of halogens is 2. The van der Waals surface area contributed by atoms with Crippen LogP contribution in [0.4, 0.5) is 5.82 Å². The molecule has 1 fully saturated rings. The minimum absolute atomic E-state index is 0.531. The predicted octanol–water partition coefficient (Wildman–Crippen LogP) is 3.47. The molecule has 0 spiro atoms. The van der Waals surface area contributed by atoms with Gasteiger partial charge in [0.1, 0.15) is 5.82 Å². The van der Waals surface area contributed by atoms with Crippen LogP contribution in [-0.2, 0) is 0 Å². The van der Waals surface area contributed by atoms with Gasteiger partial charge in [-0.2, -0.15) is 0 Å². The van der Waals surface area contributed by atoms with Crippen LogP contribution in [-0.4, -0.2) is 30.7 Å². The van der Waals surface area contributed by atoms with Crippen molar-refractivity contribution in [2.24, 2.45) is 0 Å². The van der Waals surface area contributed by atoms with E-state index in [1.165, 1.54) is 12.8 Å². The van der Waals surface area contributed by atoms with E-state index in [1.807, 2.05) is 6.07 Å². The smallest absolute Gasteiger partial charge is 0.143 e. The van der Waals surface area contributed by atoms with Gasteiger partial charge in [0.2, 0.25) is 0 Å². The number of piperidine rings is 1. The Morgan fingerprint density at radius 3 is 3.06 bits per heavy atom. The van der Waals surface area contributed by atoms with Gasteiger partial charge < -0.3 is 10.2 Å². The first-order valence-electron chi connectivity index (χ1n) is 6.50. The van der Waals surface area contributed by atoms with Crippen molar-refractivity contribution >= 4 is 33.3 Å². The first-order chi connectivity index (χ1) is 8.72. The SMILES string of the molecule is CCCN(c1ncc(Cl)cc1Br)C1CCCNC1. The fourth-order valence-corrected chi connectivity index (χ4v) is 3.29. The normalized spacial score (nSPS) is 19.8. The lowest BCUT2D eigenvalue weighted by atomic mass is 10.1. The lowest BCUT2D eigenvalue weighted by Gasteiger charge is -2.36. The molecule has 0 aliphatic carbocycles. The Bertz CT molecular complexity index is 394. The van der Waals surface area contributed by atoms with Crippen LogP contribution in [0.25, 0.3) is 0 Å². The zero-order chi connectivity index (χ0) is 13.0. The summed E-state index contributed by atoms with van der Waals surface area (Å²) in [6.07, 6.45) is 5.30. The third-order valence-corrected chi connectivity index (χ3v) is 4.03. The molecule has 1 aromatic rings. The molecule has 0 saturated carbocycles. The Morgan fingerprint density at radius 1 is 1.61 bits per heavy atom. The summed E-state index contributed by atoms with van der Waals surface area (Å²) in [5, 5.41) is 4.13. The maximum Gasteiger partial charge on any atom is 0.143 e. The van der Waals surface area contributed by atoms with Gasteiger partial charge in [0, 0.05) is 25.3 Å². The minimum Gasteiger partial charge on any atom is -0.351 e. The monoisotopic (exact) mass is 331 g/mol. The van der Waals surface area contributed by atoms with E-state index in [9.17, 15) is 0 Å². The quantitative estimate of drug-likeness (QED) is 0.915. The van der Waals surface area contributed by atoms with E-state index < -0.39 is 0 Å². The predicted molar refractivity (Wildman–Crippen MR) is 80.5 cm³/mol. The van der Waals surface area contributed by atoms with Gasteiger partial charge in [0.15, 0.2) is 0 Å². The highest BCUT2D eigenvalue weighted by atomic mass is 79.9. The van der Waals surface area contributed by atoms with E-state index in [-0.39, 0.29) is 0 Å². The summed E-state index contributed by atoms with van der Waals surface area (Å²) in [4.78, 5) is 6.89. The highest BCUT2D eigenvalue weighted by Crippen LogP contribution is 2.29. The van der Waals surface area contributed by atoms with Crippen molar-refractivity contribution < 1.29 is 0 Å². The third-order valence-electron chi connectivity index (χ3n) is 3.24. The summed E-state index contributed by atoms with van der Waals surface area (Å²) in [6.45, 7) is 5.40. The van der Waals surface area contributed by atoms with E-state index in [0.717, 1.165) is 36.3 Å². The lowest BCUT2D eigenvalue weighted by molar-refractivity contribution is 0.428. The Labute approximate surface area is 122 Å². The van der Waals surface area contributed by atoms with E-state index >= 15 is 0 Å². The number of hydrogen-bond acceptors (Lipinski definition) is 3. The number of aromatic nitrogens is 1. The summed E-state index contributed by atoms with van der Waals surface area (Å²) in [7, 11) is 0. The molecule has 0 bridgehead atoms. The van der Waals surface area contributed by atoms with Crippen molar-refractivity contribution in [2.45, 2.75) is 32.2 Å². The van der Waals surface area contributed by atoms with Crippen molar-refractivity contribution in [3.05, 3.63) is 21.8 Å². The molecule has 3 nitrogen and oxygen atoms in total. The van der Waals surface area contributed by atoms with Crippen molar-refractivity contribution in [2.75, 3.05) is 24.5 Å². The first-order valence-corrected chi connectivity index (χ1v) is 7.68. The highest BCUT2D eigenvalue weighted by Gasteiger charge is 2.23. The standard InChI is InChI=1S/C13H19BrClN3/c1-2-6-18(11-4-3-5-16-9-11)13-12(14)7-10(15)8-17-13/h7-8,11,16H,2-6,9H2,1H3. The fraction of sp³-hybridized carbons (Fsp3) is 0.615. The Hall–Kier alpha value is -0.320. The molecule has 1 atom stereocenters. The molecule has 1 aromatic heterocycles. The number of anilines is 1. The number of rotatable bonds is 4. The molecule has 2 rings (SSSR count). The largest absolute Gasteiger partial charge is 0.351 e. The van der Waals surface area contributed by atoms with Crippen LogP contribution in [0.1, 0.15) is 26.2 Å². The maximum absolute atomic E-state index is 5.96. The van der Waals surface area contributed by atoms with Crippen LogP contribution in [0.5, 0.6) is 0 Å². The van der Waals surface area contributed by atoms with Crippen molar-refractivity contribution in [3.8, 4) is 0 Å². The number of hydrogen-bond donors (Lipinski definition) is 1. The van der Waals surface area contributed by atoms with Gasteiger partial charge in [0.05, 0.1) is 9.50 Å². The van der Waals surface area contributed by atoms with Crippen molar-refractivity contribution in [1.29, 1.82) is 0 Å². The Kier molecular flexibility index (Phi) is 5.27. The second-order valence-electron chi connectivity index (χ2n) is 4.65. The summed E-state index contributed by atoms with van der Waals surface area (Å²) in [5.74, 6) is 1.01. The van der Waals surface area contributed by atoms with Crippen LogP contribution in [0.2, 0.25) is 5.02 Å². The molecular formula is C13H19BrClN3. The molecule has 1 aliphatic rings. The Balaban J connectivity index is 2.22. The summed E-state index contributed by atoms with van der Waals surface area (Å²) < 4.78 is 0.981. The molecular weight excluding hydrogens is 314 g/mol. The van der Waals surface area contributed by atoms with Gasteiger partial charge in [-0.05, 0) is 47.8 Å². The molecule has 0 amide bonds. The zero-order valence-corrected chi connectivity index (χ0v) is 13.0. The zero-order valence-electron chi connectivity index (χ0n) is 10.6. The average molecular weight is 333 g/mol. The molecule has 0 aromatic carbocycles. The summed E-state index contributed by atoms with van der Waals surface area (Å²) >= 11 is 9.54. The molecule has 1 unspecified atom stereocenters. The lowest BCUT2D eigenvalue weighted by Crippen LogP contribution is -2.47. The van der Waals surface area contributed by atoms with Crippen LogP contribution < -0.4 is 10.2 Å². The van der Waals surface area contributed by atoms with Crippen LogP contribution in [0, 0.1) is 0 Å². The average Bonchev–Trinajstić information content (AvgIpc) is 2.38. The minimum atomic E-state index is 0.531. The molecule has 1 N–H and O–H groups in total. The van der Waals surface area contributed by atoms with Gasteiger partial charge in [-0.3, -0.25) is 0 Å². The van der Waals surface area contributed by atoms with Gasteiger partial charge in [0.25, 0.3) is 0 Å². The van der Waals surface area contributed by atoms with Crippen molar-refractivity contribution in [1.82, 2.24) is 10.3 Å². The molecule has 1 aliphatic heterocycles. The van der Waals surface area contributed by atoms with Gasteiger partial charge in [-0.15, -0.1) is 0 Å². The van der Waals surface area contributed by atoms with Crippen LogP contribution in [0.3, 0.4) is 0 Å². The van der Waals surface area contributed by atoms with Crippen LogP contribution >= 0.6 is 27.5 Å². The number of pyridine rings is 1. The summed E-state index contributed by atoms with van der Waals surface area (Å²) in [5.41, 5.74) is 0.